The van der Waals surface area contributed by atoms with Crippen molar-refractivity contribution in [2.75, 3.05) is 32.8 Å². The van der Waals surface area contributed by atoms with Gasteiger partial charge in [0, 0.05) is 26.2 Å². The molecule has 0 amide bonds. The maximum absolute atomic E-state index is 13.3. The van der Waals surface area contributed by atoms with Crippen molar-refractivity contribution in [1.82, 2.24) is 10.2 Å². The Labute approximate surface area is 169 Å². The van der Waals surface area contributed by atoms with Gasteiger partial charge in [-0.15, -0.1) is 0 Å². The molecule has 5 nitrogen and oxygen atoms in total. The summed E-state index contributed by atoms with van der Waals surface area (Å²) in [6.07, 6.45) is 1.77. The highest BCUT2D eigenvalue weighted by Crippen LogP contribution is 2.25. The third kappa shape index (κ3) is 7.06. The van der Waals surface area contributed by atoms with E-state index in [9.17, 15) is 9.50 Å². The lowest BCUT2D eigenvalue weighted by Gasteiger charge is -2.39. The number of hydrogen-bond acceptors (Lipinski definition) is 3. The number of benzene rings is 1. The molecule has 1 aromatic rings. The topological polar surface area (TPSA) is 57.1 Å². The van der Waals surface area contributed by atoms with Gasteiger partial charge in [-0.05, 0) is 56.2 Å². The Bertz CT molecular complexity index is 606. The summed E-state index contributed by atoms with van der Waals surface area (Å²) in [5.74, 6) is 1.61. The van der Waals surface area contributed by atoms with Crippen molar-refractivity contribution in [3.05, 3.63) is 35.6 Å². The molecule has 1 aromatic carbocycles. The number of hydrogen-bond donors (Lipinski definition) is 2. The molecule has 0 bridgehead atoms. The van der Waals surface area contributed by atoms with Crippen LogP contribution in [0.5, 0.6) is 0 Å². The zero-order valence-corrected chi connectivity index (χ0v) is 17.7. The van der Waals surface area contributed by atoms with Crippen LogP contribution < -0.4 is 5.32 Å². The Balaban J connectivity index is 2.12. The van der Waals surface area contributed by atoms with E-state index in [2.05, 4.69) is 37.9 Å². The fourth-order valence-electron chi connectivity index (χ4n) is 3.76. The minimum absolute atomic E-state index is 0.0524. The van der Waals surface area contributed by atoms with E-state index in [-0.39, 0.29) is 24.6 Å². The lowest BCUT2D eigenvalue weighted by molar-refractivity contribution is -0.0605. The van der Waals surface area contributed by atoms with Gasteiger partial charge in [0.1, 0.15) is 11.9 Å². The molecule has 0 saturated carbocycles. The lowest BCUT2D eigenvalue weighted by Crippen LogP contribution is -2.50. The van der Waals surface area contributed by atoms with Crippen LogP contribution in [-0.2, 0) is 4.74 Å². The van der Waals surface area contributed by atoms with Crippen LogP contribution in [0.3, 0.4) is 0 Å². The van der Waals surface area contributed by atoms with E-state index < -0.39 is 0 Å². The number of aliphatic hydroxyl groups excluding tert-OH is 1. The van der Waals surface area contributed by atoms with Gasteiger partial charge in [0.15, 0.2) is 5.96 Å². The van der Waals surface area contributed by atoms with E-state index in [4.69, 9.17) is 9.73 Å². The first kappa shape index (κ1) is 22.6. The Morgan fingerprint density at radius 1 is 1.32 bits per heavy atom. The summed E-state index contributed by atoms with van der Waals surface area (Å²) in [7, 11) is 0. The molecule has 28 heavy (non-hydrogen) atoms. The normalized spacial score (nSPS) is 21.8. The van der Waals surface area contributed by atoms with Crippen LogP contribution in [0.2, 0.25) is 0 Å². The van der Waals surface area contributed by atoms with Crippen LogP contribution in [0.4, 0.5) is 4.39 Å². The van der Waals surface area contributed by atoms with Gasteiger partial charge >= 0.3 is 0 Å². The number of aliphatic imine (C=N–C) groups is 1. The summed E-state index contributed by atoms with van der Waals surface area (Å²) in [6, 6.07) is 6.54. The minimum atomic E-state index is -0.237. The average molecular weight is 394 g/mol. The van der Waals surface area contributed by atoms with Gasteiger partial charge in [0.05, 0.1) is 12.6 Å². The van der Waals surface area contributed by atoms with Crippen LogP contribution >= 0.6 is 0 Å². The van der Waals surface area contributed by atoms with Crippen molar-refractivity contribution < 1.29 is 14.2 Å². The molecule has 3 atom stereocenters. The summed E-state index contributed by atoms with van der Waals surface area (Å²) < 4.78 is 19.4. The molecule has 1 aliphatic rings. The number of nitrogens with zero attached hydrogens (tertiary/aromatic N) is 2. The number of guanidine groups is 1. The zero-order chi connectivity index (χ0) is 20.5. The second-order valence-electron chi connectivity index (χ2n) is 8.09. The SMILES string of the molecule is CCNC(=NCC(CCO)CC(C)C)N1CC(C)OC(c2ccc(F)cc2)C1. The molecule has 1 aliphatic heterocycles. The lowest BCUT2D eigenvalue weighted by atomic mass is 9.94. The molecule has 0 aromatic heterocycles. The Kier molecular flexibility index (Phi) is 9.19. The molecule has 2 rings (SSSR count). The standard InChI is InChI=1S/C22H36FN3O2/c1-5-24-22(25-13-18(10-11-27)12-16(2)3)26-14-17(4)28-21(15-26)19-6-8-20(23)9-7-19/h6-9,16-18,21,27H,5,10-15H2,1-4H3,(H,24,25). The summed E-state index contributed by atoms with van der Waals surface area (Å²) in [6.45, 7) is 11.7. The number of nitrogens with one attached hydrogen (secondary N) is 1. The second kappa shape index (κ2) is 11.4. The van der Waals surface area contributed by atoms with Crippen molar-refractivity contribution in [2.24, 2.45) is 16.8 Å². The molecule has 2 N–H and O–H groups in total. The smallest absolute Gasteiger partial charge is 0.194 e. The van der Waals surface area contributed by atoms with E-state index >= 15 is 0 Å². The molecule has 1 fully saturated rings. The first-order valence-corrected chi connectivity index (χ1v) is 10.5. The second-order valence-corrected chi connectivity index (χ2v) is 8.09. The fraction of sp³-hybridized carbons (Fsp3) is 0.682. The van der Waals surface area contributed by atoms with Gasteiger partial charge < -0.3 is 20.1 Å². The number of aliphatic hydroxyl groups is 1. The molecule has 1 heterocycles. The Morgan fingerprint density at radius 3 is 2.64 bits per heavy atom. The first-order chi connectivity index (χ1) is 13.4. The summed E-state index contributed by atoms with van der Waals surface area (Å²) in [5.41, 5.74) is 0.978. The van der Waals surface area contributed by atoms with Crippen molar-refractivity contribution in [3.63, 3.8) is 0 Å². The summed E-state index contributed by atoms with van der Waals surface area (Å²) in [4.78, 5) is 7.12. The van der Waals surface area contributed by atoms with Gasteiger partial charge in [-0.1, -0.05) is 26.0 Å². The molecule has 3 unspecified atom stereocenters. The molecule has 1 saturated heterocycles. The van der Waals surface area contributed by atoms with Crippen LogP contribution in [0.25, 0.3) is 0 Å². The monoisotopic (exact) mass is 393 g/mol. The number of rotatable bonds is 8. The number of ether oxygens (including phenoxy) is 1. The molecule has 0 aliphatic carbocycles. The predicted octanol–water partition coefficient (Wildman–Crippen LogP) is 3.60. The predicted molar refractivity (Wildman–Crippen MR) is 112 cm³/mol. The average Bonchev–Trinajstić information content (AvgIpc) is 2.64. The molecule has 0 radical (unpaired) electrons. The van der Waals surface area contributed by atoms with E-state index in [1.807, 2.05) is 0 Å². The van der Waals surface area contributed by atoms with Crippen LogP contribution in [0.15, 0.2) is 29.3 Å². The Hall–Kier alpha value is -1.66. The van der Waals surface area contributed by atoms with E-state index in [0.717, 1.165) is 37.5 Å². The first-order valence-electron chi connectivity index (χ1n) is 10.5. The van der Waals surface area contributed by atoms with Crippen LogP contribution in [0.1, 0.15) is 52.2 Å². The number of halogens is 1. The van der Waals surface area contributed by atoms with Crippen molar-refractivity contribution in [1.29, 1.82) is 0 Å². The third-order valence-corrected chi connectivity index (χ3v) is 4.98. The largest absolute Gasteiger partial charge is 0.396 e. The number of morpholine rings is 1. The molecule has 158 valence electrons. The van der Waals surface area contributed by atoms with Crippen molar-refractivity contribution in [3.8, 4) is 0 Å². The van der Waals surface area contributed by atoms with Gasteiger partial charge in [-0.2, -0.15) is 0 Å². The minimum Gasteiger partial charge on any atom is -0.396 e. The fourth-order valence-corrected chi connectivity index (χ4v) is 3.76. The molecule has 6 heteroatoms. The quantitative estimate of drug-likeness (QED) is 0.523. The molecular formula is C22H36FN3O2. The van der Waals surface area contributed by atoms with Gasteiger partial charge in [0.25, 0.3) is 0 Å². The highest BCUT2D eigenvalue weighted by atomic mass is 19.1. The summed E-state index contributed by atoms with van der Waals surface area (Å²) >= 11 is 0. The van der Waals surface area contributed by atoms with Crippen LogP contribution in [-0.4, -0.2) is 54.9 Å². The van der Waals surface area contributed by atoms with E-state index in [0.29, 0.717) is 24.9 Å². The van der Waals surface area contributed by atoms with E-state index in [1.165, 1.54) is 12.1 Å². The van der Waals surface area contributed by atoms with Crippen LogP contribution in [0, 0.1) is 17.7 Å². The highest BCUT2D eigenvalue weighted by molar-refractivity contribution is 5.80. The van der Waals surface area contributed by atoms with Gasteiger partial charge in [0.2, 0.25) is 0 Å². The van der Waals surface area contributed by atoms with Crippen molar-refractivity contribution in [2.45, 2.75) is 52.7 Å². The maximum atomic E-state index is 13.3. The Morgan fingerprint density at radius 2 is 2.04 bits per heavy atom. The molecule has 0 spiro atoms. The van der Waals surface area contributed by atoms with E-state index in [1.54, 1.807) is 12.1 Å². The van der Waals surface area contributed by atoms with Crippen molar-refractivity contribution >= 4 is 5.96 Å². The summed E-state index contributed by atoms with van der Waals surface area (Å²) in [5, 5.41) is 12.8. The maximum Gasteiger partial charge on any atom is 0.194 e. The third-order valence-electron chi connectivity index (χ3n) is 4.98. The van der Waals surface area contributed by atoms with Gasteiger partial charge in [-0.25, -0.2) is 4.39 Å². The zero-order valence-electron chi connectivity index (χ0n) is 17.7. The molecular weight excluding hydrogens is 357 g/mol. The highest BCUT2D eigenvalue weighted by Gasteiger charge is 2.28. The van der Waals surface area contributed by atoms with Gasteiger partial charge in [-0.3, -0.25) is 4.99 Å².